The first-order chi connectivity index (χ1) is 8.72. The van der Waals surface area contributed by atoms with Gasteiger partial charge in [0, 0.05) is 18.7 Å². The average molecular weight is 257 g/mol. The minimum Gasteiger partial charge on any atom is -0.394 e. The number of ether oxygens (including phenoxy) is 1. The maximum atomic E-state index is 13.6. The highest BCUT2D eigenvalue weighted by atomic mass is 19.1. The fraction of sp³-hybridized carbons (Fsp3) is 0.538. The number of hydrogen-bond donors (Lipinski definition) is 2. The Labute approximate surface area is 105 Å². The number of hydrogen-bond acceptors (Lipinski definition) is 3. The summed E-state index contributed by atoms with van der Waals surface area (Å²) in [4.78, 5) is 0. The molecule has 1 saturated heterocycles. The van der Waals surface area contributed by atoms with Crippen LogP contribution in [-0.2, 0) is 4.74 Å². The van der Waals surface area contributed by atoms with Gasteiger partial charge in [-0.3, -0.25) is 0 Å². The molecule has 1 aliphatic rings. The second kappa shape index (κ2) is 6.22. The predicted octanol–water partition coefficient (Wildman–Crippen LogP) is 1.77. The van der Waals surface area contributed by atoms with Crippen molar-refractivity contribution in [1.29, 1.82) is 0 Å². The molecule has 2 N–H and O–H groups in total. The van der Waals surface area contributed by atoms with Gasteiger partial charge in [-0.05, 0) is 25.0 Å². The Morgan fingerprint density at radius 3 is 2.67 bits per heavy atom. The van der Waals surface area contributed by atoms with Crippen LogP contribution in [0, 0.1) is 11.6 Å². The van der Waals surface area contributed by atoms with Crippen molar-refractivity contribution in [3.8, 4) is 0 Å². The number of nitrogens with one attached hydrogen (secondary N) is 1. The maximum Gasteiger partial charge on any atom is 0.131 e. The Morgan fingerprint density at radius 2 is 2.11 bits per heavy atom. The van der Waals surface area contributed by atoms with Gasteiger partial charge in [-0.1, -0.05) is 6.07 Å². The summed E-state index contributed by atoms with van der Waals surface area (Å²) in [6.07, 6.45) is 2.00. The molecule has 0 aliphatic carbocycles. The van der Waals surface area contributed by atoms with Crippen LogP contribution in [0.5, 0.6) is 0 Å². The molecule has 0 saturated carbocycles. The molecular weight excluding hydrogens is 240 g/mol. The van der Waals surface area contributed by atoms with Gasteiger partial charge in [-0.15, -0.1) is 0 Å². The van der Waals surface area contributed by atoms with Crippen LogP contribution in [0.2, 0.25) is 0 Å². The molecule has 1 aliphatic heterocycles. The summed E-state index contributed by atoms with van der Waals surface area (Å²) in [7, 11) is 0. The first-order valence-electron chi connectivity index (χ1n) is 6.12. The van der Waals surface area contributed by atoms with Gasteiger partial charge < -0.3 is 15.2 Å². The Hall–Kier alpha value is -1.04. The van der Waals surface area contributed by atoms with Crippen molar-refractivity contribution in [2.24, 2.45) is 0 Å². The molecule has 2 rings (SSSR count). The first kappa shape index (κ1) is 13.4. The molecule has 1 aromatic carbocycles. The number of aliphatic hydroxyl groups is 1. The van der Waals surface area contributed by atoms with E-state index in [9.17, 15) is 13.9 Å². The standard InChI is InChI=1S/C13H17F2NO2/c14-10-4-1-5-11(15)13(10)12(8-17)16-7-9-3-2-6-18-9/h1,4-5,9,12,16-17H,2-3,6-8H2. The van der Waals surface area contributed by atoms with E-state index in [-0.39, 0.29) is 18.3 Å². The van der Waals surface area contributed by atoms with E-state index in [1.165, 1.54) is 18.2 Å². The summed E-state index contributed by atoms with van der Waals surface area (Å²) in [5, 5.41) is 12.2. The Bertz CT molecular complexity index is 374. The molecular formula is C13H17F2NO2. The van der Waals surface area contributed by atoms with Crippen molar-refractivity contribution >= 4 is 0 Å². The summed E-state index contributed by atoms with van der Waals surface area (Å²) in [6, 6.07) is 2.95. The number of rotatable bonds is 5. The topological polar surface area (TPSA) is 41.5 Å². The highest BCUT2D eigenvalue weighted by molar-refractivity contribution is 5.23. The molecule has 0 aromatic heterocycles. The summed E-state index contributed by atoms with van der Waals surface area (Å²) >= 11 is 0. The zero-order valence-corrected chi connectivity index (χ0v) is 10.0. The van der Waals surface area contributed by atoms with Gasteiger partial charge in [0.15, 0.2) is 0 Å². The summed E-state index contributed by atoms with van der Waals surface area (Å²) in [5.74, 6) is -1.29. The molecule has 3 nitrogen and oxygen atoms in total. The molecule has 0 bridgehead atoms. The third-order valence-corrected chi connectivity index (χ3v) is 3.15. The van der Waals surface area contributed by atoms with Crippen molar-refractivity contribution in [1.82, 2.24) is 5.32 Å². The van der Waals surface area contributed by atoms with Crippen molar-refractivity contribution in [3.05, 3.63) is 35.4 Å². The van der Waals surface area contributed by atoms with E-state index in [0.29, 0.717) is 6.54 Å². The lowest BCUT2D eigenvalue weighted by molar-refractivity contribution is 0.103. The normalized spacial score (nSPS) is 21.2. The average Bonchev–Trinajstić information content (AvgIpc) is 2.86. The van der Waals surface area contributed by atoms with Crippen LogP contribution in [0.4, 0.5) is 8.78 Å². The van der Waals surface area contributed by atoms with Crippen LogP contribution in [0.25, 0.3) is 0 Å². The zero-order valence-electron chi connectivity index (χ0n) is 10.0. The predicted molar refractivity (Wildman–Crippen MR) is 63.2 cm³/mol. The Morgan fingerprint density at radius 1 is 1.39 bits per heavy atom. The van der Waals surface area contributed by atoms with Crippen LogP contribution in [0.3, 0.4) is 0 Å². The monoisotopic (exact) mass is 257 g/mol. The third-order valence-electron chi connectivity index (χ3n) is 3.15. The second-order valence-electron chi connectivity index (χ2n) is 4.41. The number of benzene rings is 1. The molecule has 0 amide bonds. The van der Waals surface area contributed by atoms with E-state index in [4.69, 9.17) is 4.74 Å². The van der Waals surface area contributed by atoms with Gasteiger partial charge in [-0.2, -0.15) is 0 Å². The van der Waals surface area contributed by atoms with Crippen molar-refractivity contribution in [3.63, 3.8) is 0 Å². The van der Waals surface area contributed by atoms with Gasteiger partial charge in [-0.25, -0.2) is 8.78 Å². The SMILES string of the molecule is OCC(NCC1CCCO1)c1c(F)cccc1F. The van der Waals surface area contributed by atoms with Crippen molar-refractivity contribution in [2.75, 3.05) is 19.8 Å². The van der Waals surface area contributed by atoms with E-state index >= 15 is 0 Å². The third kappa shape index (κ3) is 3.04. The molecule has 1 aromatic rings. The van der Waals surface area contributed by atoms with Gasteiger partial charge in [0.05, 0.1) is 18.8 Å². The Kier molecular flexibility index (Phi) is 4.63. The van der Waals surface area contributed by atoms with E-state index in [1.54, 1.807) is 0 Å². The van der Waals surface area contributed by atoms with Gasteiger partial charge >= 0.3 is 0 Å². The molecule has 1 fully saturated rings. The van der Waals surface area contributed by atoms with E-state index in [0.717, 1.165) is 19.4 Å². The maximum absolute atomic E-state index is 13.6. The van der Waals surface area contributed by atoms with Gasteiger partial charge in [0.2, 0.25) is 0 Å². The molecule has 5 heteroatoms. The van der Waals surface area contributed by atoms with Crippen LogP contribution in [0.1, 0.15) is 24.4 Å². The minimum atomic E-state index is -0.740. The van der Waals surface area contributed by atoms with Crippen LogP contribution >= 0.6 is 0 Å². The van der Waals surface area contributed by atoms with E-state index in [2.05, 4.69) is 5.32 Å². The van der Waals surface area contributed by atoms with Crippen LogP contribution in [-0.4, -0.2) is 31.0 Å². The largest absolute Gasteiger partial charge is 0.394 e. The first-order valence-corrected chi connectivity index (χ1v) is 6.12. The highest BCUT2D eigenvalue weighted by Crippen LogP contribution is 2.21. The van der Waals surface area contributed by atoms with Crippen molar-refractivity contribution in [2.45, 2.75) is 25.0 Å². The molecule has 100 valence electrons. The fourth-order valence-electron chi connectivity index (χ4n) is 2.18. The minimum absolute atomic E-state index is 0.0638. The lowest BCUT2D eigenvalue weighted by Crippen LogP contribution is -2.33. The number of halogens is 2. The molecule has 2 unspecified atom stereocenters. The van der Waals surface area contributed by atoms with Crippen molar-refractivity contribution < 1.29 is 18.6 Å². The summed E-state index contributed by atoms with van der Waals surface area (Å²) in [6.45, 7) is 0.855. The van der Waals surface area contributed by atoms with Crippen LogP contribution < -0.4 is 5.32 Å². The quantitative estimate of drug-likeness (QED) is 0.844. The summed E-state index contributed by atoms with van der Waals surface area (Å²) in [5.41, 5.74) is -0.113. The summed E-state index contributed by atoms with van der Waals surface area (Å²) < 4.78 is 32.5. The lowest BCUT2D eigenvalue weighted by Gasteiger charge is -2.20. The van der Waals surface area contributed by atoms with Gasteiger partial charge in [0.25, 0.3) is 0 Å². The molecule has 0 radical (unpaired) electrons. The van der Waals surface area contributed by atoms with E-state index in [1.807, 2.05) is 0 Å². The fourth-order valence-corrected chi connectivity index (χ4v) is 2.18. The molecule has 0 spiro atoms. The highest BCUT2D eigenvalue weighted by Gasteiger charge is 2.22. The van der Waals surface area contributed by atoms with E-state index < -0.39 is 17.7 Å². The molecule has 18 heavy (non-hydrogen) atoms. The lowest BCUT2D eigenvalue weighted by atomic mass is 10.1. The molecule has 2 atom stereocenters. The zero-order chi connectivity index (χ0) is 13.0. The Balaban J connectivity index is 2.03. The number of aliphatic hydroxyl groups excluding tert-OH is 1. The second-order valence-corrected chi connectivity index (χ2v) is 4.41. The molecule has 1 heterocycles. The smallest absolute Gasteiger partial charge is 0.131 e. The van der Waals surface area contributed by atoms with Gasteiger partial charge in [0.1, 0.15) is 11.6 Å². The van der Waals surface area contributed by atoms with Crippen LogP contribution in [0.15, 0.2) is 18.2 Å².